The van der Waals surface area contributed by atoms with E-state index >= 15 is 0 Å². The summed E-state index contributed by atoms with van der Waals surface area (Å²) < 4.78 is 2.43. The van der Waals surface area contributed by atoms with Crippen molar-refractivity contribution in [1.82, 2.24) is 4.40 Å². The molecule has 0 spiro atoms. The lowest BCUT2D eigenvalue weighted by atomic mass is 9.60. The van der Waals surface area contributed by atoms with Crippen LogP contribution in [0.2, 0.25) is 0 Å². The molecule has 2 unspecified atom stereocenters. The van der Waals surface area contributed by atoms with Crippen LogP contribution in [0.3, 0.4) is 0 Å². The van der Waals surface area contributed by atoms with Gasteiger partial charge in [-0.3, -0.25) is 4.79 Å². The normalized spacial score (nSPS) is 22.4. The van der Waals surface area contributed by atoms with Crippen molar-refractivity contribution in [2.75, 3.05) is 0 Å². The molecule has 0 bridgehead atoms. The van der Waals surface area contributed by atoms with E-state index in [-0.39, 0.29) is 16.3 Å². The molecule has 2 heteroatoms. The van der Waals surface area contributed by atoms with Gasteiger partial charge in [0.05, 0.1) is 11.1 Å². The zero-order valence-corrected chi connectivity index (χ0v) is 23.1. The van der Waals surface area contributed by atoms with Crippen molar-refractivity contribution in [3.63, 3.8) is 0 Å². The Morgan fingerprint density at radius 2 is 1.77 bits per heavy atom. The SMILES string of the molecule is C=C1c2c(=O)ccn3c4c(c5c(CC(C)C)ccc(c5c23)C1(CC)CC)C(CC)CC(C)C4(C)C. The highest BCUT2D eigenvalue weighted by Gasteiger charge is 2.45. The monoisotopic (exact) mass is 469 g/mol. The summed E-state index contributed by atoms with van der Waals surface area (Å²) in [4.78, 5) is 13.6. The van der Waals surface area contributed by atoms with Crippen LogP contribution in [0.25, 0.3) is 21.9 Å². The number of benzene rings is 1. The first kappa shape index (κ1) is 24.3. The number of pyridine rings is 2. The molecule has 0 radical (unpaired) electrons. The summed E-state index contributed by atoms with van der Waals surface area (Å²) in [6.45, 7) is 23.4. The summed E-state index contributed by atoms with van der Waals surface area (Å²) in [6.07, 6.45) is 7.41. The van der Waals surface area contributed by atoms with Crippen LogP contribution in [-0.4, -0.2) is 4.40 Å². The van der Waals surface area contributed by atoms with E-state index in [2.05, 4.69) is 84.7 Å². The van der Waals surface area contributed by atoms with Gasteiger partial charge in [0.1, 0.15) is 0 Å². The third-order valence-electron chi connectivity index (χ3n) is 10.0. The van der Waals surface area contributed by atoms with Gasteiger partial charge < -0.3 is 4.40 Å². The second-order valence-corrected chi connectivity index (χ2v) is 12.4. The third-order valence-corrected chi connectivity index (χ3v) is 10.0. The van der Waals surface area contributed by atoms with Crippen LogP contribution < -0.4 is 5.43 Å². The molecular weight excluding hydrogens is 426 g/mol. The quantitative estimate of drug-likeness (QED) is 0.343. The lowest BCUT2D eigenvalue weighted by Crippen LogP contribution is -2.39. The van der Waals surface area contributed by atoms with Gasteiger partial charge in [-0.25, -0.2) is 0 Å². The Labute approximate surface area is 211 Å². The summed E-state index contributed by atoms with van der Waals surface area (Å²) >= 11 is 0. The Morgan fingerprint density at radius 3 is 2.37 bits per heavy atom. The molecule has 5 rings (SSSR count). The van der Waals surface area contributed by atoms with Crippen molar-refractivity contribution >= 4 is 21.9 Å². The molecule has 2 heterocycles. The van der Waals surface area contributed by atoms with Gasteiger partial charge in [0, 0.05) is 34.2 Å². The van der Waals surface area contributed by atoms with Crippen LogP contribution in [0, 0.1) is 11.8 Å². The van der Waals surface area contributed by atoms with Crippen molar-refractivity contribution < 1.29 is 0 Å². The van der Waals surface area contributed by atoms with E-state index in [9.17, 15) is 4.79 Å². The van der Waals surface area contributed by atoms with Crippen LogP contribution >= 0.6 is 0 Å². The maximum Gasteiger partial charge on any atom is 0.189 e. The zero-order chi connectivity index (χ0) is 25.4. The fraction of sp³-hybridized carbons (Fsp3) is 0.545. The first-order valence-electron chi connectivity index (χ1n) is 13.9. The van der Waals surface area contributed by atoms with Crippen molar-refractivity contribution in [2.24, 2.45) is 11.8 Å². The number of hydrogen-bond acceptors (Lipinski definition) is 1. The first-order valence-corrected chi connectivity index (χ1v) is 13.9. The Kier molecular flexibility index (Phi) is 5.62. The van der Waals surface area contributed by atoms with E-state index in [1.165, 1.54) is 34.0 Å². The number of fused-ring (bicyclic) bond motifs is 3. The molecule has 0 saturated heterocycles. The van der Waals surface area contributed by atoms with Crippen LogP contribution in [-0.2, 0) is 17.3 Å². The Hall–Kier alpha value is -2.35. The van der Waals surface area contributed by atoms with Crippen LogP contribution in [0.1, 0.15) is 115 Å². The number of hydrogen-bond donors (Lipinski definition) is 0. The largest absolute Gasteiger partial charge is 0.319 e. The second kappa shape index (κ2) is 8.08. The van der Waals surface area contributed by atoms with Crippen molar-refractivity contribution in [3.05, 3.63) is 69.1 Å². The van der Waals surface area contributed by atoms with Gasteiger partial charge in [-0.15, -0.1) is 0 Å². The van der Waals surface area contributed by atoms with E-state index in [0.29, 0.717) is 17.8 Å². The van der Waals surface area contributed by atoms with E-state index in [0.717, 1.165) is 42.3 Å². The Morgan fingerprint density at radius 1 is 1.09 bits per heavy atom. The molecule has 186 valence electrons. The van der Waals surface area contributed by atoms with Crippen molar-refractivity contribution in [3.8, 4) is 0 Å². The first-order chi connectivity index (χ1) is 16.5. The summed E-state index contributed by atoms with van der Waals surface area (Å²) in [6, 6.07) is 6.61. The average Bonchev–Trinajstić information content (AvgIpc) is 2.81. The predicted molar refractivity (Wildman–Crippen MR) is 151 cm³/mol. The van der Waals surface area contributed by atoms with E-state index in [1.807, 2.05) is 0 Å². The topological polar surface area (TPSA) is 21.5 Å². The zero-order valence-electron chi connectivity index (χ0n) is 23.1. The summed E-state index contributed by atoms with van der Waals surface area (Å²) in [7, 11) is 0. The highest BCUT2D eigenvalue weighted by atomic mass is 16.1. The molecule has 0 fully saturated rings. The Bertz CT molecular complexity index is 1410. The lowest BCUT2D eigenvalue weighted by Gasteiger charge is -2.46. The van der Waals surface area contributed by atoms with Gasteiger partial charge >= 0.3 is 0 Å². The Balaban J connectivity index is 2.16. The fourth-order valence-corrected chi connectivity index (χ4v) is 7.67. The maximum absolute atomic E-state index is 13.6. The second-order valence-electron chi connectivity index (χ2n) is 12.4. The minimum Gasteiger partial charge on any atom is -0.319 e. The molecule has 0 N–H and O–H groups in total. The van der Waals surface area contributed by atoms with E-state index in [1.54, 1.807) is 11.6 Å². The molecule has 2 aliphatic carbocycles. The molecule has 3 aromatic rings. The van der Waals surface area contributed by atoms with Gasteiger partial charge in [0.15, 0.2) is 5.43 Å². The van der Waals surface area contributed by atoms with Gasteiger partial charge in [-0.05, 0) is 77.5 Å². The summed E-state index contributed by atoms with van der Waals surface area (Å²) in [5.41, 5.74) is 8.76. The smallest absolute Gasteiger partial charge is 0.189 e. The minimum atomic E-state index is -0.191. The lowest BCUT2D eigenvalue weighted by molar-refractivity contribution is 0.263. The number of rotatable bonds is 5. The van der Waals surface area contributed by atoms with Gasteiger partial charge in [0.2, 0.25) is 0 Å². The highest BCUT2D eigenvalue weighted by Crippen LogP contribution is 2.56. The average molecular weight is 470 g/mol. The number of aromatic nitrogens is 1. The van der Waals surface area contributed by atoms with Crippen LogP contribution in [0.15, 0.2) is 35.8 Å². The van der Waals surface area contributed by atoms with Crippen LogP contribution in [0.4, 0.5) is 0 Å². The number of allylic oxidation sites excluding steroid dienone is 1. The van der Waals surface area contributed by atoms with Crippen molar-refractivity contribution in [2.45, 2.75) is 104 Å². The molecule has 2 atom stereocenters. The predicted octanol–water partition coefficient (Wildman–Crippen LogP) is 8.55. The molecule has 35 heavy (non-hydrogen) atoms. The molecule has 2 aromatic heterocycles. The van der Waals surface area contributed by atoms with Gasteiger partial charge in [0.25, 0.3) is 0 Å². The summed E-state index contributed by atoms with van der Waals surface area (Å²) in [5.74, 6) is 1.67. The molecule has 1 aromatic carbocycles. The summed E-state index contributed by atoms with van der Waals surface area (Å²) in [5, 5.41) is 2.80. The maximum atomic E-state index is 13.6. The van der Waals surface area contributed by atoms with Crippen molar-refractivity contribution in [1.29, 1.82) is 0 Å². The minimum absolute atomic E-state index is 0.0119. The standard InChI is InChI=1S/C33H43NO/c1-10-22-18-20(6)32(8,9)31-28(22)27-23(17-19(4)5)13-14-24-29(27)30-26(25(35)15-16-34(30)31)21(7)33(24,11-2)12-3/h13-16,19-20,22H,7,10-12,17-18H2,1-6,8-9H3. The highest BCUT2D eigenvalue weighted by molar-refractivity contribution is 6.11. The molecule has 0 amide bonds. The molecule has 2 nitrogen and oxygen atoms in total. The third kappa shape index (κ3) is 3.04. The van der Waals surface area contributed by atoms with Crippen LogP contribution in [0.5, 0.6) is 0 Å². The molecule has 0 aliphatic heterocycles. The number of nitrogens with zero attached hydrogens (tertiary/aromatic N) is 1. The van der Waals surface area contributed by atoms with Gasteiger partial charge in [-0.2, -0.15) is 0 Å². The van der Waals surface area contributed by atoms with E-state index in [4.69, 9.17) is 0 Å². The fourth-order valence-electron chi connectivity index (χ4n) is 7.67. The van der Waals surface area contributed by atoms with Gasteiger partial charge in [-0.1, -0.05) is 74.1 Å². The molecule has 2 aliphatic rings. The molecular formula is C33H43NO. The van der Waals surface area contributed by atoms with E-state index < -0.39 is 0 Å². The molecule has 0 saturated carbocycles.